The molecule has 2 saturated heterocycles. The molecule has 0 aliphatic carbocycles. The molecular weight excluding hydrogens is 394 g/mol. The Balaban J connectivity index is 1.41. The average molecular weight is 422 g/mol. The van der Waals surface area contributed by atoms with Crippen molar-refractivity contribution < 1.29 is 9.53 Å². The van der Waals surface area contributed by atoms with Crippen LogP contribution >= 0.6 is 23.1 Å². The zero-order valence-corrected chi connectivity index (χ0v) is 17.9. The van der Waals surface area contributed by atoms with Gasteiger partial charge >= 0.3 is 0 Å². The van der Waals surface area contributed by atoms with Gasteiger partial charge in [-0.15, -0.1) is 10.2 Å². The first-order valence-electron chi connectivity index (χ1n) is 9.88. The molecule has 1 amide bonds. The molecule has 2 aromatic heterocycles. The summed E-state index contributed by atoms with van der Waals surface area (Å²) < 4.78 is 8.01. The molecule has 2 aromatic rings. The summed E-state index contributed by atoms with van der Waals surface area (Å²) in [5, 5.41) is 13.8. The third kappa shape index (κ3) is 4.69. The Kier molecular flexibility index (Phi) is 6.54. The Labute approximate surface area is 174 Å². The summed E-state index contributed by atoms with van der Waals surface area (Å²) >= 11 is 3.13. The molecule has 7 nitrogen and oxygen atoms in total. The van der Waals surface area contributed by atoms with Crippen molar-refractivity contribution in [3.8, 4) is 0 Å². The van der Waals surface area contributed by atoms with Crippen molar-refractivity contribution in [2.75, 3.05) is 37.4 Å². The van der Waals surface area contributed by atoms with E-state index in [1.54, 1.807) is 16.2 Å². The summed E-state index contributed by atoms with van der Waals surface area (Å²) in [7, 11) is 1.85. The molecule has 2 aliphatic rings. The van der Waals surface area contributed by atoms with Crippen molar-refractivity contribution in [2.24, 2.45) is 0 Å². The molecule has 4 rings (SSSR count). The normalized spacial score (nSPS) is 19.5. The lowest BCUT2D eigenvalue weighted by Crippen LogP contribution is -2.28. The van der Waals surface area contributed by atoms with Gasteiger partial charge in [-0.1, -0.05) is 11.8 Å². The molecular formula is C19H27N5O2S2. The highest BCUT2D eigenvalue weighted by molar-refractivity contribution is 7.99. The van der Waals surface area contributed by atoms with Crippen LogP contribution in [-0.4, -0.2) is 64.2 Å². The van der Waals surface area contributed by atoms with E-state index in [0.717, 1.165) is 50.2 Å². The number of rotatable bonds is 8. The van der Waals surface area contributed by atoms with E-state index in [4.69, 9.17) is 4.74 Å². The van der Waals surface area contributed by atoms with Crippen LogP contribution in [0.2, 0.25) is 0 Å². The Morgan fingerprint density at radius 1 is 1.36 bits per heavy atom. The lowest BCUT2D eigenvalue weighted by molar-refractivity contribution is -0.127. The van der Waals surface area contributed by atoms with Crippen molar-refractivity contribution in [1.29, 1.82) is 0 Å². The SMILES string of the molecule is CN(Cc1ccsc1)C(=O)CSc1nnc(N2CCCC2)n1C[C@@H]1CCCO1. The van der Waals surface area contributed by atoms with Crippen molar-refractivity contribution in [3.63, 3.8) is 0 Å². The van der Waals surface area contributed by atoms with Gasteiger partial charge in [-0.25, -0.2) is 0 Å². The van der Waals surface area contributed by atoms with Gasteiger partial charge in [0.05, 0.1) is 18.4 Å². The number of nitrogens with zero attached hydrogens (tertiary/aromatic N) is 5. The number of aromatic nitrogens is 3. The summed E-state index contributed by atoms with van der Waals surface area (Å²) in [5.74, 6) is 1.39. The first-order chi connectivity index (χ1) is 13.7. The van der Waals surface area contributed by atoms with E-state index in [1.165, 1.54) is 30.2 Å². The average Bonchev–Trinajstić information content (AvgIpc) is 3.47. The molecule has 0 radical (unpaired) electrons. The lowest BCUT2D eigenvalue weighted by atomic mass is 10.2. The largest absolute Gasteiger partial charge is 0.376 e. The summed E-state index contributed by atoms with van der Waals surface area (Å²) in [6.45, 7) is 4.29. The number of carbonyl (C=O) groups is 1. The van der Waals surface area contributed by atoms with Gasteiger partial charge in [0.15, 0.2) is 5.16 Å². The Morgan fingerprint density at radius 2 is 2.21 bits per heavy atom. The fourth-order valence-corrected chi connectivity index (χ4v) is 5.22. The van der Waals surface area contributed by atoms with Crippen LogP contribution in [0.15, 0.2) is 22.0 Å². The second kappa shape index (κ2) is 9.28. The van der Waals surface area contributed by atoms with Crippen molar-refractivity contribution in [3.05, 3.63) is 22.4 Å². The highest BCUT2D eigenvalue weighted by Crippen LogP contribution is 2.27. The second-order valence-corrected chi connectivity index (χ2v) is 9.11. The lowest BCUT2D eigenvalue weighted by Gasteiger charge is -2.20. The maximum atomic E-state index is 12.6. The predicted octanol–water partition coefficient (Wildman–Crippen LogP) is 2.87. The standard InChI is InChI=1S/C19H27N5O2S2/c1-22(11-15-6-10-27-13-15)17(25)14-28-19-21-20-18(23-7-2-3-8-23)24(19)12-16-5-4-9-26-16/h6,10,13,16H,2-5,7-9,11-12,14H2,1H3/t16-/m0/s1. The molecule has 0 N–H and O–H groups in total. The molecule has 152 valence electrons. The van der Waals surface area contributed by atoms with Gasteiger partial charge in [0, 0.05) is 33.3 Å². The minimum atomic E-state index is 0.102. The van der Waals surface area contributed by atoms with Gasteiger partial charge in [0.1, 0.15) is 0 Å². The molecule has 1 atom stereocenters. The van der Waals surface area contributed by atoms with Crippen LogP contribution in [0, 0.1) is 0 Å². The number of thioether (sulfide) groups is 1. The van der Waals surface area contributed by atoms with Crippen LogP contribution in [0.1, 0.15) is 31.2 Å². The van der Waals surface area contributed by atoms with E-state index in [9.17, 15) is 4.79 Å². The molecule has 2 fully saturated rings. The number of carbonyl (C=O) groups excluding carboxylic acids is 1. The molecule has 0 spiro atoms. The third-order valence-electron chi connectivity index (χ3n) is 5.25. The van der Waals surface area contributed by atoms with E-state index in [1.807, 2.05) is 12.4 Å². The molecule has 0 aromatic carbocycles. The zero-order valence-electron chi connectivity index (χ0n) is 16.2. The monoisotopic (exact) mass is 421 g/mol. The third-order valence-corrected chi connectivity index (χ3v) is 6.93. The predicted molar refractivity (Wildman–Crippen MR) is 112 cm³/mol. The van der Waals surface area contributed by atoms with Crippen molar-refractivity contribution in [2.45, 2.75) is 50.0 Å². The number of ether oxygens (including phenoxy) is 1. The molecule has 28 heavy (non-hydrogen) atoms. The maximum Gasteiger partial charge on any atom is 0.233 e. The molecule has 2 aliphatic heterocycles. The van der Waals surface area contributed by atoms with E-state index in [2.05, 4.69) is 31.1 Å². The molecule has 0 unspecified atom stereocenters. The van der Waals surface area contributed by atoms with Crippen molar-refractivity contribution >= 4 is 35.0 Å². The zero-order chi connectivity index (χ0) is 19.3. The number of thiophene rings is 1. The first kappa shape index (κ1) is 19.7. The van der Waals surface area contributed by atoms with E-state index in [0.29, 0.717) is 12.3 Å². The van der Waals surface area contributed by atoms with Crippen LogP contribution in [0.25, 0.3) is 0 Å². The minimum absolute atomic E-state index is 0.102. The van der Waals surface area contributed by atoms with Gasteiger partial charge in [-0.2, -0.15) is 11.3 Å². The van der Waals surface area contributed by atoms with Crippen LogP contribution in [0.4, 0.5) is 5.95 Å². The van der Waals surface area contributed by atoms with E-state index in [-0.39, 0.29) is 12.0 Å². The Bertz CT molecular complexity index is 767. The molecule has 4 heterocycles. The van der Waals surface area contributed by atoms with Crippen LogP contribution < -0.4 is 4.90 Å². The molecule has 9 heteroatoms. The summed E-state index contributed by atoms with van der Waals surface area (Å²) in [6, 6.07) is 2.06. The second-order valence-electron chi connectivity index (χ2n) is 7.39. The quantitative estimate of drug-likeness (QED) is 0.611. The van der Waals surface area contributed by atoms with Crippen LogP contribution in [0.5, 0.6) is 0 Å². The molecule has 0 bridgehead atoms. The van der Waals surface area contributed by atoms with Gasteiger partial charge in [0.2, 0.25) is 11.9 Å². The van der Waals surface area contributed by atoms with Crippen LogP contribution in [0.3, 0.4) is 0 Å². The van der Waals surface area contributed by atoms with Gasteiger partial charge in [0.25, 0.3) is 0 Å². The van der Waals surface area contributed by atoms with Gasteiger partial charge in [-0.3, -0.25) is 9.36 Å². The Hall–Kier alpha value is -1.58. The fraction of sp³-hybridized carbons (Fsp3) is 0.632. The number of hydrogen-bond acceptors (Lipinski definition) is 7. The van der Waals surface area contributed by atoms with Crippen molar-refractivity contribution in [1.82, 2.24) is 19.7 Å². The topological polar surface area (TPSA) is 63.5 Å². The summed E-state index contributed by atoms with van der Waals surface area (Å²) in [4.78, 5) is 16.7. The summed E-state index contributed by atoms with van der Waals surface area (Å²) in [6.07, 6.45) is 4.79. The van der Waals surface area contributed by atoms with E-state index >= 15 is 0 Å². The van der Waals surface area contributed by atoms with Gasteiger partial charge < -0.3 is 14.5 Å². The Morgan fingerprint density at radius 3 is 2.93 bits per heavy atom. The fourth-order valence-electron chi connectivity index (χ4n) is 3.67. The number of amides is 1. The highest BCUT2D eigenvalue weighted by atomic mass is 32.2. The van der Waals surface area contributed by atoms with Gasteiger partial charge in [-0.05, 0) is 48.1 Å². The number of anilines is 1. The molecule has 0 saturated carbocycles. The summed E-state index contributed by atoms with van der Waals surface area (Å²) in [5.41, 5.74) is 1.17. The number of hydrogen-bond donors (Lipinski definition) is 0. The smallest absolute Gasteiger partial charge is 0.233 e. The van der Waals surface area contributed by atoms with Crippen LogP contribution in [-0.2, 0) is 22.6 Å². The maximum absolute atomic E-state index is 12.6. The highest BCUT2D eigenvalue weighted by Gasteiger charge is 2.25. The first-order valence-corrected chi connectivity index (χ1v) is 11.8. The van der Waals surface area contributed by atoms with E-state index < -0.39 is 0 Å². The minimum Gasteiger partial charge on any atom is -0.376 e.